The molecular formula is C27H18K4N4O18S4. The Morgan fingerprint density at radius 3 is 1.79 bits per heavy atom. The number of esters is 2. The van der Waals surface area contributed by atoms with Crippen LogP contribution in [0.15, 0.2) is 91.0 Å². The Hall–Kier alpha value is 1.58. The van der Waals surface area contributed by atoms with Crippen molar-refractivity contribution in [2.24, 2.45) is 5.10 Å². The van der Waals surface area contributed by atoms with Crippen LogP contribution in [-0.2, 0) is 58.0 Å². The second-order valence-electron chi connectivity index (χ2n) is 9.48. The number of aromatic hydroxyl groups is 1. The van der Waals surface area contributed by atoms with E-state index in [0.29, 0.717) is 33.8 Å². The number of ether oxygens (including phenoxy) is 2. The number of allylic oxidation sites excluding steroid dienone is 4. The molecule has 0 saturated heterocycles. The van der Waals surface area contributed by atoms with Gasteiger partial charge in [-0.05, 0) is 48.6 Å². The van der Waals surface area contributed by atoms with Gasteiger partial charge in [0.2, 0.25) is 5.88 Å². The summed E-state index contributed by atoms with van der Waals surface area (Å²) in [7, 11) is -8.51. The molecular weight excluding hydrogens is 953 g/mol. The summed E-state index contributed by atoms with van der Waals surface area (Å²) in [4.78, 5) is 36.6. The van der Waals surface area contributed by atoms with Gasteiger partial charge in [0.15, 0.2) is 11.4 Å². The van der Waals surface area contributed by atoms with Crippen LogP contribution in [0.4, 0.5) is 5.69 Å². The summed E-state index contributed by atoms with van der Waals surface area (Å²) in [5.74, 6) is -4.25. The second kappa shape index (κ2) is 27.0. The number of aromatic nitrogens is 2. The van der Waals surface area contributed by atoms with E-state index in [0.717, 1.165) is 68.8 Å². The van der Waals surface area contributed by atoms with E-state index in [1.54, 1.807) is 0 Å². The van der Waals surface area contributed by atoms with Crippen LogP contribution in [0.2, 0.25) is 0 Å². The smallest absolute Gasteiger partial charge is 0.744 e. The van der Waals surface area contributed by atoms with Gasteiger partial charge in [-0.3, -0.25) is 14.9 Å². The average molecular weight is 971 g/mol. The van der Waals surface area contributed by atoms with E-state index in [-0.39, 0.29) is 221 Å². The van der Waals surface area contributed by atoms with Crippen molar-refractivity contribution in [1.29, 1.82) is 0 Å². The van der Waals surface area contributed by atoms with Crippen LogP contribution in [0.3, 0.4) is 0 Å². The minimum atomic E-state index is -5.23. The summed E-state index contributed by atoms with van der Waals surface area (Å²) >= 11 is 0.610. The largest absolute Gasteiger partial charge is 1.00 e. The van der Waals surface area contributed by atoms with Crippen molar-refractivity contribution in [3.63, 3.8) is 0 Å². The van der Waals surface area contributed by atoms with Crippen LogP contribution in [0, 0.1) is 0 Å². The van der Waals surface area contributed by atoms with E-state index >= 15 is 0 Å². The number of carbonyl (C=O) groups is 3. The Bertz CT molecular complexity index is 2300. The third-order valence-corrected chi connectivity index (χ3v) is 9.36. The molecule has 0 spiro atoms. The summed E-state index contributed by atoms with van der Waals surface area (Å²) in [5, 5.41) is 46.1. The molecule has 57 heavy (non-hydrogen) atoms. The van der Waals surface area contributed by atoms with Crippen LogP contribution < -0.4 is 221 Å². The molecule has 30 heteroatoms. The summed E-state index contributed by atoms with van der Waals surface area (Å²) < 4.78 is 90.1. The van der Waals surface area contributed by atoms with Gasteiger partial charge in [0.1, 0.15) is 20.2 Å². The number of methoxy groups -OCH3 is 2. The zero-order chi connectivity index (χ0) is 39.1. The van der Waals surface area contributed by atoms with Crippen LogP contribution in [0.5, 0.6) is 5.88 Å². The van der Waals surface area contributed by atoms with Gasteiger partial charge in [0.05, 0.1) is 70.6 Å². The van der Waals surface area contributed by atoms with E-state index in [1.807, 2.05) is 0 Å². The van der Waals surface area contributed by atoms with Crippen molar-refractivity contribution < 1.29 is 290 Å². The molecule has 1 aliphatic rings. The number of amides is 1. The topological polar surface area (TPSA) is 321 Å². The molecule has 0 radical (unpaired) electrons. The molecule has 282 valence electrons. The van der Waals surface area contributed by atoms with Crippen LogP contribution in [0.25, 0.3) is 11.8 Å². The normalized spacial score (nSPS) is 13.4. The van der Waals surface area contributed by atoms with Gasteiger partial charge in [-0.25, -0.2) is 26.4 Å². The molecule has 0 aliphatic carbocycles. The minimum Gasteiger partial charge on any atom is -0.744 e. The van der Waals surface area contributed by atoms with Gasteiger partial charge in [-0.1, -0.05) is 18.2 Å². The fourth-order valence-corrected chi connectivity index (χ4v) is 6.34. The fourth-order valence-electron chi connectivity index (χ4n) is 4.29. The number of anilines is 1. The molecule has 3 aromatic rings. The van der Waals surface area contributed by atoms with Crippen molar-refractivity contribution in [3.8, 4) is 11.6 Å². The number of rotatable bonds is 15. The molecule has 1 N–H and O–H groups in total. The molecule has 0 saturated carbocycles. The first-order chi connectivity index (χ1) is 25.1. The van der Waals surface area contributed by atoms with Crippen LogP contribution in [0.1, 0.15) is 16.1 Å². The van der Waals surface area contributed by atoms with Gasteiger partial charge in [-0.2, -0.15) is 28.6 Å². The Balaban J connectivity index is 0.00000784. The third-order valence-electron chi connectivity index (χ3n) is 6.45. The Kier molecular flexibility index (Phi) is 27.8. The van der Waals surface area contributed by atoms with Crippen molar-refractivity contribution in [2.45, 2.75) is 19.6 Å². The molecule has 0 fully saturated rings. The monoisotopic (exact) mass is 970 g/mol. The predicted octanol–water partition coefficient (Wildman–Crippen LogP) is -12.3. The standard InChI is InChI=1S/C27H22N4O18S4.4K/c1-44-26(34)22-16(24(32)30(28-22)18-12-14(50-48-46-36)8-10-20(18)52(38,39)40)6-4-3-5-7-17-23(27(35)45-2)29-31(25(17)33)19-13-15(51-49-47-37)9-11-21(19)53(41,42)43;;;;/h3-13,32,36-37H,1-2H3,(H,38,39,40)(H,41,42,43);;;;/q;4*+1/p-4/b5-3+,6-4+,17-7+;;;;. The molecule has 1 aliphatic heterocycles. The van der Waals surface area contributed by atoms with E-state index < -0.39 is 82.1 Å². The number of carbonyl (C=O) groups excluding carboxylic acids is 3. The van der Waals surface area contributed by atoms with Gasteiger partial charge in [-0.15, -0.1) is 0 Å². The van der Waals surface area contributed by atoms with Crippen LogP contribution >= 0.6 is 24.1 Å². The second-order valence-corrected chi connectivity index (χ2v) is 13.7. The minimum absolute atomic E-state index is 0. The Morgan fingerprint density at radius 1 is 0.789 bits per heavy atom. The maximum atomic E-state index is 13.4. The average Bonchev–Trinajstić information content (AvgIpc) is 3.63. The molecule has 0 unspecified atom stereocenters. The predicted molar refractivity (Wildman–Crippen MR) is 168 cm³/mol. The van der Waals surface area contributed by atoms with Gasteiger partial charge >= 0.3 is 217 Å². The maximum Gasteiger partial charge on any atom is 1.00 e. The molecule has 0 atom stereocenters. The fraction of sp³-hybridized carbons (Fsp3) is 0.0741. The van der Waals surface area contributed by atoms with Crippen molar-refractivity contribution in [2.75, 3.05) is 19.2 Å². The van der Waals surface area contributed by atoms with Crippen molar-refractivity contribution >= 4 is 79.6 Å². The summed E-state index contributed by atoms with van der Waals surface area (Å²) in [6.45, 7) is 0. The number of benzene rings is 2. The van der Waals surface area contributed by atoms with E-state index in [4.69, 9.17) is 0 Å². The van der Waals surface area contributed by atoms with Gasteiger partial charge in [0.25, 0.3) is 5.91 Å². The van der Waals surface area contributed by atoms with E-state index in [9.17, 15) is 55.9 Å². The molecule has 22 nitrogen and oxygen atoms in total. The first-order valence-electron chi connectivity index (χ1n) is 13.5. The number of nitrogens with zero attached hydrogens (tertiary/aromatic N) is 4. The SMILES string of the molecule is COC(=O)C1=NN(c2cc(SOO[O-])ccc2S(=O)(=O)[O-])C(=O)/C1=C/C=C/C=C/c1c(C(=O)OC)nn(-c2cc(SOO[O-])ccc2S(=O)(=O)[O-])c1O.[K+].[K+].[K+].[K+]. The summed E-state index contributed by atoms with van der Waals surface area (Å²) in [6, 6.07) is 5.68. The molecule has 1 aromatic heterocycles. The summed E-state index contributed by atoms with van der Waals surface area (Å²) in [6.07, 6.45) is 5.65. The van der Waals surface area contributed by atoms with Crippen molar-refractivity contribution in [3.05, 3.63) is 77.5 Å². The Labute approximate surface area is 501 Å². The first kappa shape index (κ1) is 58.6. The maximum absolute atomic E-state index is 13.4. The van der Waals surface area contributed by atoms with Crippen LogP contribution in [-0.4, -0.2) is 78.6 Å². The molecule has 0 bridgehead atoms. The summed E-state index contributed by atoms with van der Waals surface area (Å²) in [5.41, 5.74) is -3.21. The molecule has 1 amide bonds. The zero-order valence-corrected chi connectivity index (χ0v) is 45.9. The van der Waals surface area contributed by atoms with Gasteiger partial charge < -0.3 is 34.2 Å². The quantitative estimate of drug-likeness (QED) is 0.0216. The third kappa shape index (κ3) is 15.4. The molecule has 2 heterocycles. The zero-order valence-electron chi connectivity index (χ0n) is 30.2. The number of hydrogen-bond donors (Lipinski definition) is 1. The molecule has 2 aromatic carbocycles. The number of hydrogen-bond acceptors (Lipinski definition) is 22. The molecule has 4 rings (SSSR count). The number of hydrazone groups is 1. The van der Waals surface area contributed by atoms with Crippen molar-refractivity contribution in [1.82, 2.24) is 9.78 Å². The first-order valence-corrected chi connectivity index (χ1v) is 17.8. The van der Waals surface area contributed by atoms with E-state index in [1.165, 1.54) is 12.2 Å². The Morgan fingerprint density at radius 2 is 1.30 bits per heavy atom. The van der Waals surface area contributed by atoms with Gasteiger partial charge in [0, 0.05) is 9.79 Å². The van der Waals surface area contributed by atoms with E-state index in [2.05, 4.69) is 38.4 Å².